The van der Waals surface area contributed by atoms with Crippen LogP contribution in [0.25, 0.3) is 11.0 Å². The minimum atomic E-state index is 0.00474. The number of aromatic nitrogens is 2. The maximum atomic E-state index is 13.0. The Hall–Kier alpha value is -3.51. The number of hydrogen-bond donors (Lipinski definition) is 0. The molecule has 1 aliphatic rings. The monoisotopic (exact) mass is 489 g/mol. The summed E-state index contributed by atoms with van der Waals surface area (Å²) in [6, 6.07) is 21.6. The van der Waals surface area contributed by atoms with Crippen LogP contribution in [0.1, 0.15) is 30.1 Å². The summed E-state index contributed by atoms with van der Waals surface area (Å²) in [5, 5.41) is 0.668. The third-order valence-corrected chi connectivity index (χ3v) is 6.90. The van der Waals surface area contributed by atoms with Crippen LogP contribution in [0.2, 0.25) is 5.02 Å². The molecule has 0 N–H and O–H groups in total. The highest BCUT2D eigenvalue weighted by atomic mass is 35.5. The average Bonchev–Trinajstić information content (AvgIpc) is 3.44. The van der Waals surface area contributed by atoms with Crippen LogP contribution in [0.4, 0.5) is 5.69 Å². The molecule has 180 valence electrons. The lowest BCUT2D eigenvalue weighted by atomic mass is 10.1. The molecule has 6 nitrogen and oxygen atoms in total. The zero-order chi connectivity index (χ0) is 24.4. The normalized spacial score (nSPS) is 15.7. The highest BCUT2D eigenvalue weighted by Gasteiger charge is 2.35. The summed E-state index contributed by atoms with van der Waals surface area (Å²) in [5.74, 6) is 2.50. The Balaban J connectivity index is 1.35. The zero-order valence-electron chi connectivity index (χ0n) is 19.9. The van der Waals surface area contributed by atoms with E-state index >= 15 is 0 Å². The minimum Gasteiger partial charge on any atom is -0.493 e. The van der Waals surface area contributed by atoms with Gasteiger partial charge in [-0.3, -0.25) is 4.79 Å². The Labute approximate surface area is 210 Å². The van der Waals surface area contributed by atoms with Crippen LogP contribution < -0.4 is 14.4 Å². The fourth-order valence-corrected chi connectivity index (χ4v) is 4.84. The number of carbonyl (C=O) groups excluding carboxylic acids is 1. The second-order valence-corrected chi connectivity index (χ2v) is 9.21. The molecule has 1 amide bonds. The number of nitrogens with zero attached hydrogens (tertiary/aromatic N) is 3. The van der Waals surface area contributed by atoms with Gasteiger partial charge in [0, 0.05) is 36.1 Å². The number of fused-ring (bicyclic) bond motifs is 1. The van der Waals surface area contributed by atoms with Gasteiger partial charge in [0.1, 0.15) is 5.82 Å². The van der Waals surface area contributed by atoms with E-state index < -0.39 is 0 Å². The summed E-state index contributed by atoms with van der Waals surface area (Å²) < 4.78 is 13.6. The van der Waals surface area contributed by atoms with Crippen molar-refractivity contribution in [3.8, 4) is 11.5 Å². The van der Waals surface area contributed by atoms with E-state index in [9.17, 15) is 4.79 Å². The molecular weight excluding hydrogens is 462 g/mol. The molecule has 1 aliphatic heterocycles. The van der Waals surface area contributed by atoms with Crippen molar-refractivity contribution in [2.45, 2.75) is 32.2 Å². The number of imidazole rings is 1. The van der Waals surface area contributed by atoms with E-state index in [0.717, 1.165) is 52.6 Å². The molecule has 4 aromatic rings. The maximum absolute atomic E-state index is 13.0. The first-order valence-corrected chi connectivity index (χ1v) is 12.2. The van der Waals surface area contributed by atoms with Crippen molar-refractivity contribution in [2.24, 2.45) is 0 Å². The molecule has 1 aromatic heterocycles. The summed E-state index contributed by atoms with van der Waals surface area (Å²) in [7, 11) is 1.64. The van der Waals surface area contributed by atoms with Crippen LogP contribution in [0, 0.1) is 6.92 Å². The van der Waals surface area contributed by atoms with E-state index in [1.807, 2.05) is 72.5 Å². The Morgan fingerprint density at radius 3 is 2.63 bits per heavy atom. The van der Waals surface area contributed by atoms with Gasteiger partial charge in [-0.05, 0) is 55.3 Å². The zero-order valence-corrected chi connectivity index (χ0v) is 20.7. The van der Waals surface area contributed by atoms with Gasteiger partial charge in [0.15, 0.2) is 11.5 Å². The topological polar surface area (TPSA) is 56.6 Å². The van der Waals surface area contributed by atoms with Gasteiger partial charge in [-0.2, -0.15) is 0 Å². The number of halogens is 1. The highest BCUT2D eigenvalue weighted by molar-refractivity contribution is 6.31. The third-order valence-electron chi connectivity index (χ3n) is 6.49. The van der Waals surface area contributed by atoms with Crippen LogP contribution in [0.5, 0.6) is 11.5 Å². The lowest BCUT2D eigenvalue weighted by Crippen LogP contribution is -2.24. The standard InChI is InChI=1S/C28H28ClN3O3/c1-19-12-13-21(17-22(19)29)32-18-20(16-27(32)33)28-30-23-8-3-4-9-24(23)31(28)14-7-15-35-26-11-6-5-10-25(26)34-2/h3-6,8-13,17,20H,7,14-16,18H2,1-2H3/t20-/m1/s1. The molecule has 0 bridgehead atoms. The predicted molar refractivity (Wildman–Crippen MR) is 139 cm³/mol. The molecule has 1 fully saturated rings. The number of carbonyl (C=O) groups is 1. The number of methoxy groups -OCH3 is 1. The fraction of sp³-hybridized carbons (Fsp3) is 0.286. The number of benzene rings is 3. The predicted octanol–water partition coefficient (Wildman–Crippen LogP) is 6.00. The summed E-state index contributed by atoms with van der Waals surface area (Å²) in [5.41, 5.74) is 3.85. The number of rotatable bonds is 8. The van der Waals surface area contributed by atoms with Gasteiger partial charge < -0.3 is 18.9 Å². The van der Waals surface area contributed by atoms with Gasteiger partial charge in [0.05, 0.1) is 24.8 Å². The van der Waals surface area contributed by atoms with E-state index in [0.29, 0.717) is 24.6 Å². The van der Waals surface area contributed by atoms with Crippen LogP contribution in [0.15, 0.2) is 66.7 Å². The number of para-hydroxylation sites is 4. The molecule has 0 radical (unpaired) electrons. The summed E-state index contributed by atoms with van der Waals surface area (Å²) >= 11 is 6.33. The minimum absolute atomic E-state index is 0.00474. The molecule has 3 aromatic carbocycles. The van der Waals surface area contributed by atoms with Gasteiger partial charge in [0.2, 0.25) is 5.91 Å². The van der Waals surface area contributed by atoms with Gasteiger partial charge >= 0.3 is 0 Å². The number of anilines is 1. The molecule has 35 heavy (non-hydrogen) atoms. The quantitative estimate of drug-likeness (QED) is 0.285. The first-order chi connectivity index (χ1) is 17.0. The van der Waals surface area contributed by atoms with Crippen LogP contribution in [0.3, 0.4) is 0 Å². The number of ether oxygens (including phenoxy) is 2. The SMILES string of the molecule is COc1ccccc1OCCCn1c([C@@H]2CC(=O)N(c3ccc(C)c(Cl)c3)C2)nc2ccccc21. The third kappa shape index (κ3) is 4.71. The average molecular weight is 490 g/mol. The first-order valence-electron chi connectivity index (χ1n) is 11.8. The molecule has 0 saturated carbocycles. The summed E-state index contributed by atoms with van der Waals surface area (Å²) in [6.45, 7) is 3.83. The van der Waals surface area contributed by atoms with Crippen molar-refractivity contribution in [1.82, 2.24) is 9.55 Å². The van der Waals surface area contributed by atoms with Crippen molar-refractivity contribution in [3.63, 3.8) is 0 Å². The van der Waals surface area contributed by atoms with E-state index in [1.165, 1.54) is 0 Å². The second-order valence-electron chi connectivity index (χ2n) is 8.80. The van der Waals surface area contributed by atoms with Crippen molar-refractivity contribution in [1.29, 1.82) is 0 Å². The molecule has 1 saturated heterocycles. The lowest BCUT2D eigenvalue weighted by Gasteiger charge is -2.18. The van der Waals surface area contributed by atoms with Crippen LogP contribution in [-0.2, 0) is 11.3 Å². The molecule has 5 rings (SSSR count). The van der Waals surface area contributed by atoms with Crippen LogP contribution in [-0.4, -0.2) is 35.7 Å². The molecule has 0 unspecified atom stereocenters. The van der Waals surface area contributed by atoms with Gasteiger partial charge in [-0.25, -0.2) is 4.98 Å². The molecule has 7 heteroatoms. The number of aryl methyl sites for hydroxylation is 2. The van der Waals surface area contributed by atoms with E-state index in [2.05, 4.69) is 10.6 Å². The molecule has 1 atom stereocenters. The molecule has 0 spiro atoms. The highest BCUT2D eigenvalue weighted by Crippen LogP contribution is 2.35. The van der Waals surface area contributed by atoms with Crippen LogP contribution >= 0.6 is 11.6 Å². The van der Waals surface area contributed by atoms with Gasteiger partial charge in [-0.1, -0.05) is 41.9 Å². The Morgan fingerprint density at radius 1 is 1.06 bits per heavy atom. The molecule has 0 aliphatic carbocycles. The Morgan fingerprint density at radius 2 is 1.83 bits per heavy atom. The van der Waals surface area contributed by atoms with E-state index in [4.69, 9.17) is 26.1 Å². The fourth-order valence-electron chi connectivity index (χ4n) is 4.66. The van der Waals surface area contributed by atoms with Crippen molar-refractivity contribution in [3.05, 3.63) is 83.1 Å². The largest absolute Gasteiger partial charge is 0.493 e. The van der Waals surface area contributed by atoms with E-state index in [-0.39, 0.29) is 11.8 Å². The summed E-state index contributed by atoms with van der Waals surface area (Å²) in [6.07, 6.45) is 1.22. The smallest absolute Gasteiger partial charge is 0.227 e. The Kier molecular flexibility index (Phi) is 6.64. The maximum Gasteiger partial charge on any atom is 0.227 e. The molecular formula is C28H28ClN3O3. The van der Waals surface area contributed by atoms with Gasteiger partial charge in [0.25, 0.3) is 0 Å². The first kappa shape index (κ1) is 23.2. The van der Waals surface area contributed by atoms with Crippen molar-refractivity contribution >= 4 is 34.2 Å². The number of hydrogen-bond acceptors (Lipinski definition) is 4. The summed E-state index contributed by atoms with van der Waals surface area (Å²) in [4.78, 5) is 19.7. The van der Waals surface area contributed by atoms with Crippen molar-refractivity contribution in [2.75, 3.05) is 25.2 Å². The lowest BCUT2D eigenvalue weighted by molar-refractivity contribution is -0.117. The second kappa shape index (κ2) is 10.0. The number of amides is 1. The van der Waals surface area contributed by atoms with Gasteiger partial charge in [-0.15, -0.1) is 0 Å². The molecule has 2 heterocycles. The Bertz CT molecular complexity index is 1370. The van der Waals surface area contributed by atoms with Crippen molar-refractivity contribution < 1.29 is 14.3 Å². The van der Waals surface area contributed by atoms with E-state index in [1.54, 1.807) is 7.11 Å².